The Morgan fingerprint density at radius 1 is 0.914 bits per heavy atom. The van der Waals surface area contributed by atoms with Gasteiger partial charge in [0.15, 0.2) is 0 Å². The van der Waals surface area contributed by atoms with Crippen LogP contribution < -0.4 is 15.5 Å². The first-order valence-corrected chi connectivity index (χ1v) is 27.0. The lowest BCUT2D eigenvalue weighted by Crippen LogP contribution is -2.74. The number of halogens is 2. The summed E-state index contributed by atoms with van der Waals surface area (Å²) in [7, 11) is 3.78. The zero-order chi connectivity index (χ0) is 51.8. The van der Waals surface area contributed by atoms with Crippen molar-refractivity contribution in [3.63, 3.8) is 0 Å². The summed E-state index contributed by atoms with van der Waals surface area (Å²) in [6.07, 6.45) is 19.0. The molecule has 5 aliphatic rings. The summed E-state index contributed by atoms with van der Waals surface area (Å²) in [5.74, 6) is -0.0317. The highest BCUT2D eigenvalue weighted by Gasteiger charge is 2.53. The number of aryl methyl sites for hydroxylation is 2. The number of amides is 1. The molecule has 390 valence electrons. The molecule has 2 aromatic heterocycles. The maximum atomic E-state index is 13.9. The molecule has 1 saturated carbocycles. The van der Waals surface area contributed by atoms with Crippen molar-refractivity contribution in [2.24, 2.45) is 12.5 Å². The summed E-state index contributed by atoms with van der Waals surface area (Å²) in [4.78, 5) is 40.0. The average molecular weight is 971 g/mol. The molecule has 3 saturated heterocycles. The van der Waals surface area contributed by atoms with Gasteiger partial charge in [-0.1, -0.05) is 112 Å². The molecule has 3 aromatic rings. The number of pyridine rings is 1. The summed E-state index contributed by atoms with van der Waals surface area (Å²) in [6.45, 7) is 30.3. The Bertz CT molecular complexity index is 2160. The number of imidazole rings is 1. The van der Waals surface area contributed by atoms with Gasteiger partial charge < -0.3 is 24.5 Å². The van der Waals surface area contributed by atoms with E-state index in [1.807, 2.05) is 71.5 Å². The van der Waals surface area contributed by atoms with Crippen molar-refractivity contribution in [2.75, 3.05) is 56.5 Å². The van der Waals surface area contributed by atoms with Gasteiger partial charge in [0, 0.05) is 106 Å². The monoisotopic (exact) mass is 971 g/mol. The Balaban J connectivity index is 0.000000520. The minimum absolute atomic E-state index is 0.132. The normalized spacial score (nSPS) is 18.4. The van der Waals surface area contributed by atoms with Gasteiger partial charge in [-0.2, -0.15) is 0 Å². The summed E-state index contributed by atoms with van der Waals surface area (Å²) in [6, 6.07) is 10.6. The van der Waals surface area contributed by atoms with Crippen molar-refractivity contribution in [1.29, 1.82) is 0 Å². The van der Waals surface area contributed by atoms with Gasteiger partial charge in [-0.05, 0) is 100 Å². The second-order valence-electron chi connectivity index (χ2n) is 19.1. The molecule has 0 bridgehead atoms. The lowest BCUT2D eigenvalue weighted by Gasteiger charge is -2.63. The number of fused-ring (bicyclic) bond motifs is 1. The number of piperidine rings is 1. The van der Waals surface area contributed by atoms with Crippen LogP contribution >= 0.6 is 0 Å². The Labute approximate surface area is 422 Å². The van der Waals surface area contributed by atoms with Crippen molar-refractivity contribution >= 4 is 40.4 Å². The number of aldehydes is 1. The van der Waals surface area contributed by atoms with E-state index in [4.69, 9.17) is 9.97 Å². The molecule has 2 aliphatic carbocycles. The topological polar surface area (TPSA) is 98.6 Å². The van der Waals surface area contributed by atoms with E-state index in [0.717, 1.165) is 124 Å². The maximum Gasteiger partial charge on any atom is 0.258 e. The molecule has 4 fully saturated rings. The van der Waals surface area contributed by atoms with Crippen LogP contribution in [-0.4, -0.2) is 95.1 Å². The second-order valence-corrected chi connectivity index (χ2v) is 19.1. The molecule has 1 amide bonds. The van der Waals surface area contributed by atoms with Crippen molar-refractivity contribution in [3.8, 4) is 0 Å². The van der Waals surface area contributed by atoms with Gasteiger partial charge in [0.1, 0.15) is 18.3 Å². The SMILES string of the molecule is C1CCCC1.C=C(CCCC=O)NC.CC.CC.CCC.CCC/C(CC)=C(\C)c1cc(C(=O)Nc2nc3ccc(N4CC5(C4)CN(C4CCN(C6=CC(F)CC(F)=C6)CC4)C5)cc3n2C)cc(C)n1. The van der Waals surface area contributed by atoms with E-state index < -0.39 is 6.17 Å². The van der Waals surface area contributed by atoms with Gasteiger partial charge in [-0.25, -0.2) is 13.8 Å². The molecular formula is C58H92F2N8O2. The molecule has 10 nitrogen and oxygen atoms in total. The highest BCUT2D eigenvalue weighted by molar-refractivity contribution is 6.04. The number of unbranched alkanes of at least 4 members (excludes halogenated alkanes) is 1. The van der Waals surface area contributed by atoms with Crippen LogP contribution in [0.2, 0.25) is 0 Å². The second kappa shape index (κ2) is 30.8. The van der Waals surface area contributed by atoms with Gasteiger partial charge >= 0.3 is 0 Å². The fourth-order valence-corrected chi connectivity index (χ4v) is 9.78. The van der Waals surface area contributed by atoms with E-state index in [9.17, 15) is 18.4 Å². The van der Waals surface area contributed by atoms with E-state index in [0.29, 0.717) is 35.1 Å². The number of nitrogens with zero attached hydrogens (tertiary/aromatic N) is 6. The van der Waals surface area contributed by atoms with Crippen LogP contribution in [0.1, 0.15) is 180 Å². The lowest BCUT2D eigenvalue weighted by molar-refractivity contribution is -0.107. The van der Waals surface area contributed by atoms with Gasteiger partial charge in [-0.15, -0.1) is 0 Å². The fourth-order valence-electron chi connectivity index (χ4n) is 9.78. The van der Waals surface area contributed by atoms with Gasteiger partial charge in [-0.3, -0.25) is 20.0 Å². The maximum absolute atomic E-state index is 13.9. The molecular weight excluding hydrogens is 879 g/mol. The number of rotatable bonds is 14. The predicted octanol–water partition coefficient (Wildman–Crippen LogP) is 14.1. The largest absolute Gasteiger partial charge is 0.392 e. The molecule has 3 aliphatic heterocycles. The molecule has 1 spiro atoms. The highest BCUT2D eigenvalue weighted by atomic mass is 19.1. The smallest absolute Gasteiger partial charge is 0.258 e. The molecule has 8 rings (SSSR count). The Morgan fingerprint density at radius 2 is 1.54 bits per heavy atom. The number of hydrogen-bond donors (Lipinski definition) is 2. The van der Waals surface area contributed by atoms with Crippen molar-refractivity contribution < 1.29 is 18.4 Å². The first kappa shape index (κ1) is 59.5. The minimum Gasteiger partial charge on any atom is -0.392 e. The number of allylic oxidation sites excluding steroid dienone is 6. The van der Waals surface area contributed by atoms with Crippen molar-refractivity contribution in [1.82, 2.24) is 29.7 Å². The van der Waals surface area contributed by atoms with Gasteiger partial charge in [0.05, 0.1) is 16.7 Å². The van der Waals surface area contributed by atoms with Crippen LogP contribution in [0.5, 0.6) is 0 Å². The third-order valence-electron chi connectivity index (χ3n) is 13.5. The van der Waals surface area contributed by atoms with Gasteiger partial charge in [0.2, 0.25) is 5.95 Å². The van der Waals surface area contributed by atoms with Crippen molar-refractivity contribution in [2.45, 2.75) is 178 Å². The summed E-state index contributed by atoms with van der Waals surface area (Å²) in [5, 5.41) is 5.97. The minimum atomic E-state index is -1.22. The molecule has 70 heavy (non-hydrogen) atoms. The molecule has 1 unspecified atom stereocenters. The van der Waals surface area contributed by atoms with Gasteiger partial charge in [0.25, 0.3) is 5.91 Å². The van der Waals surface area contributed by atoms with E-state index >= 15 is 0 Å². The zero-order valence-corrected chi connectivity index (χ0v) is 45.6. The highest BCUT2D eigenvalue weighted by Crippen LogP contribution is 2.44. The van der Waals surface area contributed by atoms with E-state index in [1.165, 1.54) is 55.9 Å². The summed E-state index contributed by atoms with van der Waals surface area (Å²) < 4.78 is 29.6. The number of nitrogens with one attached hydrogen (secondary N) is 2. The first-order valence-electron chi connectivity index (χ1n) is 27.0. The predicted molar refractivity (Wildman–Crippen MR) is 293 cm³/mol. The molecule has 2 N–H and O–H groups in total. The van der Waals surface area contributed by atoms with Crippen LogP contribution in [0.4, 0.5) is 20.4 Å². The average Bonchev–Trinajstić information content (AvgIpc) is 4.03. The number of anilines is 2. The summed E-state index contributed by atoms with van der Waals surface area (Å²) >= 11 is 0. The number of likely N-dealkylation sites (tertiary alicyclic amines) is 2. The van der Waals surface area contributed by atoms with E-state index in [2.05, 4.69) is 78.7 Å². The van der Waals surface area contributed by atoms with Crippen molar-refractivity contribution in [3.05, 3.63) is 88.8 Å². The third-order valence-corrected chi connectivity index (χ3v) is 13.5. The number of alkyl halides is 1. The molecule has 12 heteroatoms. The fraction of sp³-hybridized carbons (Fsp3) is 0.621. The number of carbonyl (C=O) groups excluding carboxylic acids is 2. The number of aromatic nitrogens is 3. The van der Waals surface area contributed by atoms with Crippen LogP contribution in [0, 0.1) is 12.3 Å². The standard InChI is InChI=1S/C39H49F2N7O.C7H13NO.C5H10.C3H8.2C2H6/c1-6-8-27(7-2)26(4)35-16-28(15-25(3)42-35)37(49)44-38-43-34-10-9-32(20-36(34)45(38)5)48-23-39(24-48)21-47(22-39)31-11-13-46(14-12-31)33-18-29(40)17-30(41)19-33;1-7(8-2)5-3-4-6-9;1-2-4-5-3-1;1-3-2;2*1-2/h9-10,15-16,18-20,29,31H,6-8,11-14,17,21-24H2,1-5H3,(H,43,44,49);6,8H,1,3-5H2,2H3;1-5H2;3H2,1-2H3;2*1-2H3/b27-26+;;;;;. The van der Waals surface area contributed by atoms with Crippen LogP contribution in [0.15, 0.2) is 71.9 Å². The van der Waals surface area contributed by atoms with E-state index in [1.54, 1.807) is 6.08 Å². The quantitative estimate of drug-likeness (QED) is 0.122. The number of carbonyl (C=O) groups is 2. The Hall–Kier alpha value is -4.84. The first-order chi connectivity index (χ1) is 33.8. The Kier molecular flexibility index (Phi) is 26.2. The Morgan fingerprint density at radius 3 is 2.10 bits per heavy atom. The summed E-state index contributed by atoms with van der Waals surface area (Å²) in [5.41, 5.74) is 9.83. The zero-order valence-electron chi connectivity index (χ0n) is 45.6. The number of hydrogen-bond acceptors (Lipinski definition) is 8. The molecule has 1 aromatic carbocycles. The van der Waals surface area contributed by atoms with Crippen LogP contribution in [0.3, 0.4) is 0 Å². The lowest BCUT2D eigenvalue weighted by atomic mass is 9.71. The molecule has 5 heterocycles. The van der Waals surface area contributed by atoms with Crippen LogP contribution in [0.25, 0.3) is 16.6 Å². The number of benzene rings is 1. The van der Waals surface area contributed by atoms with E-state index in [-0.39, 0.29) is 18.2 Å². The van der Waals surface area contributed by atoms with Crippen LogP contribution in [-0.2, 0) is 11.8 Å². The third kappa shape index (κ3) is 17.2. The molecule has 1 atom stereocenters. The molecule has 0 radical (unpaired) electrons.